The van der Waals surface area contributed by atoms with E-state index in [4.69, 9.17) is 20.4 Å². The molecule has 1 heterocycles. The molecule has 0 aliphatic carbocycles. The predicted molar refractivity (Wildman–Crippen MR) is 129 cm³/mol. The molecule has 2 amide bonds. The van der Waals surface area contributed by atoms with Crippen LogP contribution in [0.2, 0.25) is 0 Å². The molecule has 1 aliphatic heterocycles. The van der Waals surface area contributed by atoms with Crippen LogP contribution in [-0.4, -0.2) is 67.9 Å². The van der Waals surface area contributed by atoms with E-state index in [0.717, 1.165) is 24.9 Å². The lowest BCUT2D eigenvalue weighted by molar-refractivity contribution is -0.142. The summed E-state index contributed by atoms with van der Waals surface area (Å²) in [5.74, 6) is 0.0882. The fourth-order valence-corrected chi connectivity index (χ4v) is 3.44. The molecular formula is C24H32N4O6. The summed E-state index contributed by atoms with van der Waals surface area (Å²) in [6, 6.07) is 15.5. The second-order valence-electron chi connectivity index (χ2n) is 7.57. The molecule has 0 saturated carbocycles. The highest BCUT2D eigenvalue weighted by Crippen LogP contribution is 2.20. The molecule has 0 radical (unpaired) electrons. The highest BCUT2D eigenvalue weighted by Gasteiger charge is 2.22. The molecule has 0 spiro atoms. The van der Waals surface area contributed by atoms with Crippen molar-refractivity contribution in [1.82, 2.24) is 4.90 Å². The average Bonchev–Trinajstić information content (AvgIpc) is 2.85. The monoisotopic (exact) mass is 472 g/mol. The minimum Gasteiger partial charge on any atom is -0.483 e. The summed E-state index contributed by atoms with van der Waals surface area (Å²) in [5, 5.41) is 13.3. The number of nitrogens with one attached hydrogen (secondary N) is 2. The van der Waals surface area contributed by atoms with Gasteiger partial charge in [0.25, 0.3) is 6.47 Å². The quantitative estimate of drug-likeness (QED) is 0.339. The van der Waals surface area contributed by atoms with Crippen LogP contribution in [0.25, 0.3) is 0 Å². The maximum Gasteiger partial charge on any atom is 0.343 e. The number of rotatable bonds is 8. The number of piperidine rings is 1. The normalized spacial score (nSPS) is 13.2. The highest BCUT2D eigenvalue weighted by atomic mass is 16.6. The van der Waals surface area contributed by atoms with Gasteiger partial charge in [-0.3, -0.25) is 4.79 Å². The largest absolute Gasteiger partial charge is 0.483 e. The summed E-state index contributed by atoms with van der Waals surface area (Å²) in [6.07, 6.45) is 2.66. The van der Waals surface area contributed by atoms with Gasteiger partial charge in [-0.05, 0) is 67.8 Å². The van der Waals surface area contributed by atoms with E-state index in [0.29, 0.717) is 37.1 Å². The first-order valence-corrected chi connectivity index (χ1v) is 11.0. The van der Waals surface area contributed by atoms with Gasteiger partial charge >= 0.3 is 12.0 Å². The molecule has 5 N–H and O–H groups in total. The minimum absolute atomic E-state index is 0.118. The van der Waals surface area contributed by atoms with E-state index in [1.165, 1.54) is 12.7 Å². The van der Waals surface area contributed by atoms with Crippen molar-refractivity contribution in [2.45, 2.75) is 25.3 Å². The van der Waals surface area contributed by atoms with Crippen LogP contribution in [0.15, 0.2) is 48.5 Å². The average molecular weight is 473 g/mol. The van der Waals surface area contributed by atoms with Crippen molar-refractivity contribution in [2.75, 3.05) is 44.0 Å². The van der Waals surface area contributed by atoms with Gasteiger partial charge in [0.2, 0.25) is 0 Å². The molecule has 184 valence electrons. The van der Waals surface area contributed by atoms with E-state index >= 15 is 0 Å². The number of likely N-dealkylation sites (tertiary alicyclic amines) is 1. The van der Waals surface area contributed by atoms with Crippen LogP contribution in [0.3, 0.4) is 0 Å². The smallest absolute Gasteiger partial charge is 0.343 e. The van der Waals surface area contributed by atoms with Crippen LogP contribution in [-0.2, 0) is 20.7 Å². The van der Waals surface area contributed by atoms with Crippen molar-refractivity contribution < 1.29 is 29.0 Å². The first-order valence-electron chi connectivity index (χ1n) is 11.0. The summed E-state index contributed by atoms with van der Waals surface area (Å²) < 4.78 is 9.84. The predicted octanol–water partition coefficient (Wildman–Crippen LogP) is 2.55. The Morgan fingerprint density at radius 3 is 2.24 bits per heavy atom. The van der Waals surface area contributed by atoms with Gasteiger partial charge in [0.05, 0.1) is 7.11 Å². The van der Waals surface area contributed by atoms with Gasteiger partial charge in [0.15, 0.2) is 6.61 Å². The third-order valence-electron chi connectivity index (χ3n) is 5.23. The second kappa shape index (κ2) is 14.4. The molecule has 10 heteroatoms. The van der Waals surface area contributed by atoms with E-state index in [-0.39, 0.29) is 19.1 Å². The number of urea groups is 1. The van der Waals surface area contributed by atoms with E-state index in [1.54, 1.807) is 24.3 Å². The van der Waals surface area contributed by atoms with Crippen molar-refractivity contribution in [1.29, 1.82) is 0 Å². The van der Waals surface area contributed by atoms with Crippen molar-refractivity contribution in [3.63, 3.8) is 0 Å². The zero-order valence-electron chi connectivity index (χ0n) is 19.2. The number of nitrogens with two attached hydrogens (primary N) is 1. The van der Waals surface area contributed by atoms with Gasteiger partial charge in [-0.25, -0.2) is 9.59 Å². The Hall–Kier alpha value is -3.79. The van der Waals surface area contributed by atoms with E-state index in [2.05, 4.69) is 39.6 Å². The number of benzene rings is 2. The molecule has 1 aliphatic rings. The van der Waals surface area contributed by atoms with E-state index in [1.807, 2.05) is 4.90 Å². The Labute approximate surface area is 199 Å². The lowest BCUT2D eigenvalue weighted by Gasteiger charge is -2.33. The molecule has 34 heavy (non-hydrogen) atoms. The van der Waals surface area contributed by atoms with Crippen molar-refractivity contribution in [2.24, 2.45) is 5.73 Å². The number of carbonyl (C=O) groups excluding carboxylic acids is 2. The van der Waals surface area contributed by atoms with Gasteiger partial charge < -0.3 is 35.8 Å². The summed E-state index contributed by atoms with van der Waals surface area (Å²) in [6.45, 7) is 1.63. The number of carbonyl (C=O) groups is 3. The number of hydrogen-bond donors (Lipinski definition) is 4. The Kier molecular flexibility index (Phi) is 11.2. The summed E-state index contributed by atoms with van der Waals surface area (Å²) in [5.41, 5.74) is 8.60. The number of anilines is 2. The summed E-state index contributed by atoms with van der Waals surface area (Å²) in [7, 11) is 1.31. The molecule has 1 fully saturated rings. The van der Waals surface area contributed by atoms with Gasteiger partial charge in [0.1, 0.15) is 5.75 Å². The molecule has 2 aromatic carbocycles. The minimum atomic E-state index is -0.445. The van der Waals surface area contributed by atoms with Crippen LogP contribution < -0.4 is 21.1 Å². The SMILES string of the molecule is COC(=O)COc1ccc(NC(=O)N2CCC(Nc3ccc(CCN)cc3)CC2)cc1.O=CO. The third kappa shape index (κ3) is 8.99. The lowest BCUT2D eigenvalue weighted by Crippen LogP contribution is -2.44. The van der Waals surface area contributed by atoms with Crippen molar-refractivity contribution >= 4 is 29.8 Å². The molecule has 10 nitrogen and oxygen atoms in total. The third-order valence-corrected chi connectivity index (χ3v) is 5.23. The number of esters is 1. The molecule has 0 aromatic heterocycles. The molecular weight excluding hydrogens is 440 g/mol. The summed E-state index contributed by atoms with van der Waals surface area (Å²) >= 11 is 0. The van der Waals surface area contributed by atoms with Crippen LogP contribution in [0.1, 0.15) is 18.4 Å². The van der Waals surface area contributed by atoms with Crippen LogP contribution in [0, 0.1) is 0 Å². The number of ether oxygens (including phenoxy) is 2. The fourth-order valence-electron chi connectivity index (χ4n) is 3.44. The molecule has 3 rings (SSSR count). The van der Waals surface area contributed by atoms with Gasteiger partial charge in [-0.2, -0.15) is 0 Å². The molecule has 0 bridgehead atoms. The van der Waals surface area contributed by atoms with Crippen LogP contribution in [0.5, 0.6) is 5.75 Å². The molecule has 2 aromatic rings. The number of amides is 2. The highest BCUT2D eigenvalue weighted by molar-refractivity contribution is 5.89. The van der Waals surface area contributed by atoms with Crippen molar-refractivity contribution in [3.05, 3.63) is 54.1 Å². The number of hydrogen-bond acceptors (Lipinski definition) is 7. The zero-order valence-corrected chi connectivity index (χ0v) is 19.2. The molecule has 0 unspecified atom stereocenters. The topological polar surface area (TPSA) is 143 Å². The number of nitrogens with zero attached hydrogens (tertiary/aromatic N) is 1. The summed E-state index contributed by atoms with van der Waals surface area (Å²) in [4.78, 5) is 33.9. The first kappa shape index (κ1) is 26.5. The maximum absolute atomic E-state index is 12.6. The Morgan fingerprint density at radius 2 is 1.68 bits per heavy atom. The van der Waals surface area contributed by atoms with Crippen LogP contribution >= 0.6 is 0 Å². The number of methoxy groups -OCH3 is 1. The van der Waals surface area contributed by atoms with Gasteiger partial charge in [0, 0.05) is 30.5 Å². The zero-order chi connectivity index (χ0) is 24.8. The Balaban J connectivity index is 0.00000129. The lowest BCUT2D eigenvalue weighted by atomic mass is 10.0. The van der Waals surface area contributed by atoms with Crippen molar-refractivity contribution in [3.8, 4) is 5.75 Å². The maximum atomic E-state index is 12.6. The van der Waals surface area contributed by atoms with Gasteiger partial charge in [-0.15, -0.1) is 0 Å². The first-order chi connectivity index (χ1) is 16.5. The fraction of sp³-hybridized carbons (Fsp3) is 0.375. The van der Waals surface area contributed by atoms with E-state index < -0.39 is 5.97 Å². The van der Waals surface area contributed by atoms with Crippen LogP contribution in [0.4, 0.5) is 16.2 Å². The molecule has 0 atom stereocenters. The Bertz CT molecular complexity index is 897. The second-order valence-corrected chi connectivity index (χ2v) is 7.57. The van der Waals surface area contributed by atoms with Gasteiger partial charge in [-0.1, -0.05) is 12.1 Å². The number of carboxylic acid groups (broad SMARTS) is 1. The Morgan fingerprint density at radius 1 is 1.09 bits per heavy atom. The standard InChI is InChI=1S/C23H30N4O4.CH2O2/c1-30-22(28)16-31-21-8-6-19(7-9-21)26-23(29)27-14-11-20(12-15-27)25-18-4-2-17(3-5-18)10-13-24;2-1-3/h2-9,20,25H,10-16,24H2,1H3,(H,26,29);1H,(H,2,3). The molecule has 1 saturated heterocycles. The van der Waals surface area contributed by atoms with E-state index in [9.17, 15) is 9.59 Å².